The van der Waals surface area contributed by atoms with Crippen molar-refractivity contribution in [3.63, 3.8) is 0 Å². The summed E-state index contributed by atoms with van der Waals surface area (Å²) in [7, 11) is 0. The number of carbonyl (C=O) groups excluding carboxylic acids is 2. The summed E-state index contributed by atoms with van der Waals surface area (Å²) in [4.78, 5) is 30.7. The van der Waals surface area contributed by atoms with Crippen LogP contribution in [0.5, 0.6) is 0 Å². The maximum Gasteiger partial charge on any atom is 0.330 e. The van der Waals surface area contributed by atoms with Crippen LogP contribution in [0.1, 0.15) is 39.5 Å². The zero-order chi connectivity index (χ0) is 17.6. The molecule has 0 aliphatic heterocycles. The Balaban J connectivity index is 4.34. The molecule has 0 aromatic rings. The largest absolute Gasteiger partial charge is 0.463 e. The van der Waals surface area contributed by atoms with Gasteiger partial charge in [-0.3, -0.25) is 0 Å². The normalized spacial score (nSPS) is 12.0. The molecule has 8 heteroatoms. The Morgan fingerprint density at radius 1 is 0.870 bits per heavy atom. The SMILES string of the molecule is CCOC(=O)/C=C/CCC(CC/C=C/C(=O)OCC)(OO)OO. The smallest absolute Gasteiger partial charge is 0.330 e. The van der Waals surface area contributed by atoms with E-state index in [0.717, 1.165) is 0 Å². The highest BCUT2D eigenvalue weighted by Gasteiger charge is 2.32. The van der Waals surface area contributed by atoms with Gasteiger partial charge in [-0.2, -0.15) is 0 Å². The highest BCUT2D eigenvalue weighted by molar-refractivity contribution is 5.82. The molecule has 0 saturated heterocycles. The number of carbonyl (C=O) groups is 2. The van der Waals surface area contributed by atoms with Gasteiger partial charge in [-0.05, 0) is 26.7 Å². The standard InChI is InChI=1S/C15H24O8/c1-3-20-13(16)9-5-7-11-15(22-18,23-19)12-8-6-10-14(17)21-4-2/h5-6,9-10,18-19H,3-4,7-8,11-12H2,1-2H3/b9-5+,10-6+. The van der Waals surface area contributed by atoms with E-state index in [9.17, 15) is 9.59 Å². The third-order valence-corrected chi connectivity index (χ3v) is 2.80. The molecule has 0 bridgehead atoms. The Morgan fingerprint density at radius 2 is 1.26 bits per heavy atom. The Labute approximate surface area is 135 Å². The first-order valence-electron chi connectivity index (χ1n) is 7.35. The average molecular weight is 332 g/mol. The summed E-state index contributed by atoms with van der Waals surface area (Å²) in [5, 5.41) is 17.9. The second kappa shape index (κ2) is 12.8. The molecule has 0 atom stereocenters. The van der Waals surface area contributed by atoms with Crippen LogP contribution in [-0.4, -0.2) is 41.5 Å². The molecule has 0 radical (unpaired) electrons. The van der Waals surface area contributed by atoms with E-state index in [1.54, 1.807) is 13.8 Å². The van der Waals surface area contributed by atoms with Crippen molar-refractivity contribution >= 4 is 11.9 Å². The minimum atomic E-state index is -1.64. The Kier molecular flexibility index (Phi) is 11.8. The van der Waals surface area contributed by atoms with Crippen LogP contribution in [0, 0.1) is 0 Å². The second-order valence-corrected chi connectivity index (χ2v) is 4.48. The van der Waals surface area contributed by atoms with Gasteiger partial charge in [0.05, 0.1) is 13.2 Å². The van der Waals surface area contributed by atoms with Crippen LogP contribution in [0.15, 0.2) is 24.3 Å². The van der Waals surface area contributed by atoms with Gasteiger partial charge in [0.1, 0.15) is 0 Å². The fraction of sp³-hybridized carbons (Fsp3) is 0.600. The summed E-state index contributed by atoms with van der Waals surface area (Å²) >= 11 is 0. The van der Waals surface area contributed by atoms with Gasteiger partial charge in [0.15, 0.2) is 0 Å². The molecule has 23 heavy (non-hydrogen) atoms. The molecule has 2 N–H and O–H groups in total. The van der Waals surface area contributed by atoms with Crippen molar-refractivity contribution in [3.8, 4) is 0 Å². The minimum Gasteiger partial charge on any atom is -0.463 e. The predicted octanol–water partition coefficient (Wildman–Crippen LogP) is 2.46. The highest BCUT2D eigenvalue weighted by Crippen LogP contribution is 2.24. The molecular weight excluding hydrogens is 308 g/mol. The predicted molar refractivity (Wildman–Crippen MR) is 80.2 cm³/mol. The van der Waals surface area contributed by atoms with Crippen LogP contribution in [0.4, 0.5) is 0 Å². The summed E-state index contributed by atoms with van der Waals surface area (Å²) in [5.74, 6) is -2.60. The fourth-order valence-corrected chi connectivity index (χ4v) is 1.67. The van der Waals surface area contributed by atoms with E-state index < -0.39 is 17.7 Å². The molecular formula is C15H24O8. The fourth-order valence-electron chi connectivity index (χ4n) is 1.67. The Bertz CT molecular complexity index is 364. The minimum absolute atomic E-state index is 0.0865. The van der Waals surface area contributed by atoms with Gasteiger partial charge in [-0.15, -0.1) is 0 Å². The zero-order valence-electron chi connectivity index (χ0n) is 13.4. The van der Waals surface area contributed by atoms with Crippen LogP contribution in [0.2, 0.25) is 0 Å². The lowest BCUT2D eigenvalue weighted by Gasteiger charge is -2.25. The van der Waals surface area contributed by atoms with Crippen molar-refractivity contribution in [2.75, 3.05) is 13.2 Å². The molecule has 0 aromatic heterocycles. The highest BCUT2D eigenvalue weighted by atomic mass is 17.2. The maximum absolute atomic E-state index is 11.1. The van der Waals surface area contributed by atoms with E-state index >= 15 is 0 Å². The first-order chi connectivity index (χ1) is 11.0. The van der Waals surface area contributed by atoms with Gasteiger partial charge < -0.3 is 9.47 Å². The van der Waals surface area contributed by atoms with E-state index in [2.05, 4.69) is 9.78 Å². The average Bonchev–Trinajstić information content (AvgIpc) is 2.54. The number of ether oxygens (including phenoxy) is 2. The van der Waals surface area contributed by atoms with Crippen LogP contribution in [0.25, 0.3) is 0 Å². The van der Waals surface area contributed by atoms with Gasteiger partial charge in [-0.25, -0.2) is 29.9 Å². The number of hydrogen-bond donors (Lipinski definition) is 2. The molecule has 8 nitrogen and oxygen atoms in total. The molecule has 0 fully saturated rings. The summed E-state index contributed by atoms with van der Waals surface area (Å²) in [6.45, 7) is 3.94. The monoisotopic (exact) mass is 332 g/mol. The molecule has 0 saturated carbocycles. The molecule has 0 aromatic carbocycles. The van der Waals surface area contributed by atoms with Gasteiger partial charge in [-0.1, -0.05) is 12.2 Å². The molecule has 0 spiro atoms. The molecule has 0 aliphatic rings. The zero-order valence-corrected chi connectivity index (χ0v) is 13.4. The van der Waals surface area contributed by atoms with E-state index in [4.69, 9.17) is 20.0 Å². The van der Waals surface area contributed by atoms with Crippen LogP contribution < -0.4 is 0 Å². The lowest BCUT2D eigenvalue weighted by molar-refractivity contribution is -0.489. The van der Waals surface area contributed by atoms with Crippen molar-refractivity contribution in [2.45, 2.75) is 45.3 Å². The first kappa shape index (κ1) is 21.3. The summed E-state index contributed by atoms with van der Waals surface area (Å²) in [5.41, 5.74) is 0. The molecule has 0 heterocycles. The lowest BCUT2D eigenvalue weighted by atomic mass is 10.0. The Hall–Kier alpha value is -1.74. The van der Waals surface area contributed by atoms with Gasteiger partial charge >= 0.3 is 11.9 Å². The number of rotatable bonds is 12. The van der Waals surface area contributed by atoms with Crippen molar-refractivity contribution in [1.29, 1.82) is 0 Å². The van der Waals surface area contributed by atoms with Gasteiger partial charge in [0.2, 0.25) is 5.79 Å². The first-order valence-corrected chi connectivity index (χ1v) is 7.35. The summed E-state index contributed by atoms with van der Waals surface area (Å²) < 4.78 is 9.42. The second-order valence-electron chi connectivity index (χ2n) is 4.48. The number of esters is 2. The molecule has 132 valence electrons. The van der Waals surface area contributed by atoms with E-state index in [1.165, 1.54) is 24.3 Å². The van der Waals surface area contributed by atoms with Crippen LogP contribution in [-0.2, 0) is 28.8 Å². The van der Waals surface area contributed by atoms with E-state index in [0.29, 0.717) is 12.8 Å². The Morgan fingerprint density at radius 3 is 1.57 bits per heavy atom. The molecule has 0 rings (SSSR count). The number of allylic oxidation sites excluding steroid dienone is 2. The molecule has 0 amide bonds. The lowest BCUT2D eigenvalue weighted by Crippen LogP contribution is -2.33. The third kappa shape index (κ3) is 9.80. The van der Waals surface area contributed by atoms with Gasteiger partial charge in [0, 0.05) is 25.0 Å². The van der Waals surface area contributed by atoms with E-state index in [1.807, 2.05) is 0 Å². The van der Waals surface area contributed by atoms with Crippen molar-refractivity contribution < 1.29 is 39.4 Å². The summed E-state index contributed by atoms with van der Waals surface area (Å²) in [6.07, 6.45) is 6.27. The molecule has 0 aliphatic carbocycles. The van der Waals surface area contributed by atoms with Crippen molar-refractivity contribution in [1.82, 2.24) is 0 Å². The van der Waals surface area contributed by atoms with E-state index in [-0.39, 0.29) is 26.1 Å². The quantitative estimate of drug-likeness (QED) is 0.184. The topological polar surface area (TPSA) is 112 Å². The molecule has 0 unspecified atom stereocenters. The van der Waals surface area contributed by atoms with Crippen molar-refractivity contribution in [2.24, 2.45) is 0 Å². The van der Waals surface area contributed by atoms with Crippen LogP contribution >= 0.6 is 0 Å². The van der Waals surface area contributed by atoms with Crippen LogP contribution in [0.3, 0.4) is 0 Å². The maximum atomic E-state index is 11.1. The van der Waals surface area contributed by atoms with Gasteiger partial charge in [0.25, 0.3) is 0 Å². The third-order valence-electron chi connectivity index (χ3n) is 2.80. The number of hydrogen-bond acceptors (Lipinski definition) is 8. The summed E-state index contributed by atoms with van der Waals surface area (Å²) in [6, 6.07) is 0. The van der Waals surface area contributed by atoms with Crippen molar-refractivity contribution in [3.05, 3.63) is 24.3 Å².